The fourth-order valence-electron chi connectivity index (χ4n) is 3.68. The summed E-state index contributed by atoms with van der Waals surface area (Å²) in [7, 11) is 0. The van der Waals surface area contributed by atoms with Crippen molar-refractivity contribution in [3.63, 3.8) is 0 Å². The molecule has 0 radical (unpaired) electrons. The normalized spacial score (nSPS) is 25.7. The van der Waals surface area contributed by atoms with Gasteiger partial charge in [0.05, 0.1) is 5.56 Å². The van der Waals surface area contributed by atoms with Gasteiger partial charge in [-0.1, -0.05) is 0 Å². The number of rotatable bonds is 3. The van der Waals surface area contributed by atoms with Crippen molar-refractivity contribution in [1.29, 1.82) is 0 Å². The van der Waals surface area contributed by atoms with E-state index >= 15 is 0 Å². The molecule has 1 heterocycles. The first-order chi connectivity index (χ1) is 10.9. The monoisotopic (exact) mass is 326 g/mol. The van der Waals surface area contributed by atoms with Gasteiger partial charge in [-0.05, 0) is 69.5 Å². The second-order valence-electron chi connectivity index (χ2n) is 6.40. The number of hydrogen-bond acceptors (Lipinski definition) is 2. The predicted molar refractivity (Wildman–Crippen MR) is 81.1 cm³/mol. The smallest absolute Gasteiger partial charge is 0.348 e. The van der Waals surface area contributed by atoms with E-state index in [0.29, 0.717) is 6.04 Å². The van der Waals surface area contributed by atoms with Crippen molar-refractivity contribution < 1.29 is 18.0 Å². The molecule has 1 aromatic rings. The van der Waals surface area contributed by atoms with Gasteiger partial charge < -0.3 is 5.32 Å². The van der Waals surface area contributed by atoms with Crippen molar-refractivity contribution in [1.82, 2.24) is 10.2 Å². The molecule has 0 aromatic heterocycles. The number of hydrogen-bond donors (Lipinski definition) is 1. The summed E-state index contributed by atoms with van der Waals surface area (Å²) in [5, 5.41) is 3.02. The summed E-state index contributed by atoms with van der Waals surface area (Å²) in [6.45, 7) is 2.16. The van der Waals surface area contributed by atoms with Crippen LogP contribution >= 0.6 is 0 Å². The Kier molecular flexibility index (Phi) is 4.62. The topological polar surface area (TPSA) is 32.3 Å². The highest BCUT2D eigenvalue weighted by atomic mass is 19.4. The molecule has 2 aliphatic rings. The molecule has 3 rings (SSSR count). The van der Waals surface area contributed by atoms with Gasteiger partial charge in [0, 0.05) is 17.6 Å². The molecule has 1 saturated heterocycles. The average Bonchev–Trinajstić information content (AvgIpc) is 3.17. The van der Waals surface area contributed by atoms with E-state index in [1.807, 2.05) is 0 Å². The quantitative estimate of drug-likeness (QED) is 0.923. The van der Waals surface area contributed by atoms with E-state index in [9.17, 15) is 18.0 Å². The van der Waals surface area contributed by atoms with E-state index in [2.05, 4.69) is 10.2 Å². The van der Waals surface area contributed by atoms with E-state index in [4.69, 9.17) is 0 Å². The van der Waals surface area contributed by atoms with Crippen LogP contribution in [0.5, 0.6) is 0 Å². The summed E-state index contributed by atoms with van der Waals surface area (Å²) >= 11 is 0. The van der Waals surface area contributed by atoms with Gasteiger partial charge in [0.1, 0.15) is 0 Å². The molecule has 0 spiro atoms. The van der Waals surface area contributed by atoms with Gasteiger partial charge in [0.25, 0.3) is 5.91 Å². The lowest BCUT2D eigenvalue weighted by atomic mass is 10.1. The Bertz CT molecular complexity index is 550. The van der Waals surface area contributed by atoms with Crippen LogP contribution in [-0.2, 0) is 6.18 Å². The fraction of sp³-hybridized carbons (Fsp3) is 0.588. The lowest BCUT2D eigenvalue weighted by molar-refractivity contribution is -0.137. The van der Waals surface area contributed by atoms with Crippen LogP contribution in [0.3, 0.4) is 0 Å². The second-order valence-corrected chi connectivity index (χ2v) is 6.40. The van der Waals surface area contributed by atoms with Gasteiger partial charge in [-0.2, -0.15) is 13.2 Å². The Morgan fingerprint density at radius 1 is 1.04 bits per heavy atom. The Hall–Kier alpha value is -1.56. The van der Waals surface area contributed by atoms with E-state index in [0.717, 1.165) is 44.5 Å². The third-order valence-corrected chi connectivity index (χ3v) is 4.88. The SMILES string of the molecule is O=C(N[C@@H]1CCC[C@@H]1N1CCCC1)c1ccc(C(F)(F)F)cc1. The molecule has 6 heteroatoms. The zero-order valence-electron chi connectivity index (χ0n) is 12.9. The van der Waals surface area contributed by atoms with Crippen molar-refractivity contribution in [2.45, 2.75) is 50.4 Å². The Balaban J connectivity index is 1.64. The van der Waals surface area contributed by atoms with Crippen LogP contribution in [0.25, 0.3) is 0 Å². The molecule has 1 amide bonds. The lowest BCUT2D eigenvalue weighted by Crippen LogP contribution is -2.47. The number of amides is 1. The molecule has 1 N–H and O–H groups in total. The molecule has 1 aromatic carbocycles. The van der Waals surface area contributed by atoms with Gasteiger partial charge in [0.2, 0.25) is 0 Å². The number of nitrogens with one attached hydrogen (secondary N) is 1. The van der Waals surface area contributed by atoms with Crippen LogP contribution in [0.2, 0.25) is 0 Å². The minimum Gasteiger partial charge on any atom is -0.348 e. The molecule has 2 atom stereocenters. The minimum atomic E-state index is -4.37. The van der Waals surface area contributed by atoms with Gasteiger partial charge in [-0.3, -0.25) is 9.69 Å². The first kappa shape index (κ1) is 16.3. The average molecular weight is 326 g/mol. The van der Waals surface area contributed by atoms with E-state index in [1.54, 1.807) is 0 Å². The highest BCUT2D eigenvalue weighted by molar-refractivity contribution is 5.94. The molecule has 0 unspecified atom stereocenters. The third kappa shape index (κ3) is 3.68. The van der Waals surface area contributed by atoms with Crippen molar-refractivity contribution in [2.24, 2.45) is 0 Å². The lowest BCUT2D eigenvalue weighted by Gasteiger charge is -2.29. The van der Waals surface area contributed by atoms with E-state index in [-0.39, 0.29) is 17.5 Å². The highest BCUT2D eigenvalue weighted by Crippen LogP contribution is 2.30. The number of carbonyl (C=O) groups is 1. The van der Waals surface area contributed by atoms with Crippen molar-refractivity contribution >= 4 is 5.91 Å². The van der Waals surface area contributed by atoms with Crippen molar-refractivity contribution in [3.05, 3.63) is 35.4 Å². The number of benzene rings is 1. The number of alkyl halides is 3. The van der Waals surface area contributed by atoms with Crippen LogP contribution in [0.1, 0.15) is 48.0 Å². The van der Waals surface area contributed by atoms with Crippen LogP contribution < -0.4 is 5.32 Å². The highest BCUT2D eigenvalue weighted by Gasteiger charge is 2.34. The molecule has 1 aliphatic carbocycles. The van der Waals surface area contributed by atoms with Crippen LogP contribution in [0, 0.1) is 0 Å². The third-order valence-electron chi connectivity index (χ3n) is 4.88. The summed E-state index contributed by atoms with van der Waals surface area (Å²) in [5.74, 6) is -0.283. The van der Waals surface area contributed by atoms with Gasteiger partial charge in [-0.25, -0.2) is 0 Å². The second kappa shape index (κ2) is 6.51. The van der Waals surface area contributed by atoms with Crippen LogP contribution in [0.4, 0.5) is 13.2 Å². The summed E-state index contributed by atoms with van der Waals surface area (Å²) in [6, 6.07) is 4.89. The number of halogens is 3. The zero-order chi connectivity index (χ0) is 16.4. The molecule has 3 nitrogen and oxygen atoms in total. The number of likely N-dealkylation sites (tertiary alicyclic amines) is 1. The van der Waals surface area contributed by atoms with Crippen LogP contribution in [-0.4, -0.2) is 36.0 Å². The maximum Gasteiger partial charge on any atom is 0.416 e. The molecular weight excluding hydrogens is 305 g/mol. The van der Waals surface area contributed by atoms with Gasteiger partial charge in [-0.15, -0.1) is 0 Å². The minimum absolute atomic E-state index is 0.0999. The molecule has 1 aliphatic heterocycles. The first-order valence-electron chi connectivity index (χ1n) is 8.17. The maximum atomic E-state index is 12.6. The standard InChI is InChI=1S/C17H21F3N2O/c18-17(19,20)13-8-6-12(7-9-13)16(23)21-14-4-3-5-15(14)22-10-1-2-11-22/h6-9,14-15H,1-5,10-11H2,(H,21,23)/t14-,15+/m1/s1. The predicted octanol–water partition coefficient (Wildman–Crippen LogP) is 3.45. The summed E-state index contributed by atoms with van der Waals surface area (Å²) in [6.07, 6.45) is 1.14. The molecule has 0 bridgehead atoms. The Labute approximate surface area is 133 Å². The van der Waals surface area contributed by atoms with Crippen molar-refractivity contribution in [2.75, 3.05) is 13.1 Å². The summed E-state index contributed by atoms with van der Waals surface area (Å²) in [5.41, 5.74) is -0.449. The molecule has 2 fully saturated rings. The summed E-state index contributed by atoms with van der Waals surface area (Å²) < 4.78 is 37.7. The maximum absolute atomic E-state index is 12.6. The largest absolute Gasteiger partial charge is 0.416 e. The molecule has 23 heavy (non-hydrogen) atoms. The van der Waals surface area contributed by atoms with Gasteiger partial charge >= 0.3 is 6.18 Å². The van der Waals surface area contributed by atoms with E-state index in [1.165, 1.54) is 25.0 Å². The molecule has 1 saturated carbocycles. The number of carbonyl (C=O) groups excluding carboxylic acids is 1. The zero-order valence-corrected chi connectivity index (χ0v) is 12.9. The Morgan fingerprint density at radius 3 is 2.30 bits per heavy atom. The molecular formula is C17H21F3N2O. The van der Waals surface area contributed by atoms with Gasteiger partial charge in [0.15, 0.2) is 0 Å². The summed E-state index contributed by atoms with van der Waals surface area (Å²) in [4.78, 5) is 14.7. The molecule has 126 valence electrons. The fourth-order valence-corrected chi connectivity index (χ4v) is 3.68. The number of nitrogens with zero attached hydrogens (tertiary/aromatic N) is 1. The van der Waals surface area contributed by atoms with Crippen LogP contribution in [0.15, 0.2) is 24.3 Å². The first-order valence-corrected chi connectivity index (χ1v) is 8.17. The van der Waals surface area contributed by atoms with Crippen molar-refractivity contribution in [3.8, 4) is 0 Å². The van der Waals surface area contributed by atoms with E-state index < -0.39 is 11.7 Å². The Morgan fingerprint density at radius 2 is 1.70 bits per heavy atom.